The van der Waals surface area contributed by atoms with E-state index in [1.807, 2.05) is 0 Å². The Bertz CT molecular complexity index is 945. The van der Waals surface area contributed by atoms with Gasteiger partial charge in [0, 0.05) is 4.47 Å². The normalized spacial score (nSPS) is 30.4. The molecule has 1 aromatic carbocycles. The first kappa shape index (κ1) is 25.0. The molecular formula is C24H33BBrClN2O4. The molecule has 0 spiro atoms. The van der Waals surface area contributed by atoms with Gasteiger partial charge in [0.05, 0.1) is 34.8 Å². The van der Waals surface area contributed by atoms with Crippen LogP contribution in [0, 0.1) is 23.2 Å². The lowest BCUT2D eigenvalue weighted by atomic mass is 9.43. The zero-order valence-corrected chi connectivity index (χ0v) is 22.3. The van der Waals surface area contributed by atoms with Crippen molar-refractivity contribution in [2.75, 3.05) is 6.54 Å². The molecule has 5 rings (SSSR count). The Morgan fingerprint density at radius 3 is 2.67 bits per heavy atom. The molecule has 1 saturated heterocycles. The van der Waals surface area contributed by atoms with Crippen LogP contribution in [0.1, 0.15) is 64.2 Å². The minimum Gasteiger partial charge on any atom is -0.404 e. The van der Waals surface area contributed by atoms with Gasteiger partial charge in [0.2, 0.25) is 5.91 Å². The SMILES string of the molecule is CC(C)C[C@H](NC(=O)CNC(=O)c1cc(Br)ccc1Cl)B1O[C@@H]2CC3C[C@@H](C3(C)C)[C@]2(C)O1. The lowest BCUT2D eigenvalue weighted by molar-refractivity contribution is -0.199. The summed E-state index contributed by atoms with van der Waals surface area (Å²) in [5.74, 6) is 0.511. The molecule has 2 bridgehead atoms. The molecule has 1 unspecified atom stereocenters. The van der Waals surface area contributed by atoms with E-state index in [0.717, 1.165) is 17.3 Å². The Labute approximate surface area is 210 Å². The molecule has 0 radical (unpaired) electrons. The van der Waals surface area contributed by atoms with E-state index in [1.165, 1.54) is 6.42 Å². The average molecular weight is 540 g/mol. The molecule has 4 aliphatic rings. The van der Waals surface area contributed by atoms with Crippen LogP contribution in [-0.4, -0.2) is 43.1 Å². The van der Waals surface area contributed by atoms with Gasteiger partial charge in [-0.25, -0.2) is 0 Å². The summed E-state index contributed by atoms with van der Waals surface area (Å²) >= 11 is 9.46. The predicted octanol–water partition coefficient (Wildman–Crippen LogP) is 4.63. The summed E-state index contributed by atoms with van der Waals surface area (Å²) < 4.78 is 13.7. The number of hydrogen-bond acceptors (Lipinski definition) is 4. The zero-order valence-electron chi connectivity index (χ0n) is 19.9. The first-order valence-corrected chi connectivity index (χ1v) is 12.9. The van der Waals surface area contributed by atoms with Crippen molar-refractivity contribution in [3.63, 3.8) is 0 Å². The third kappa shape index (κ3) is 4.73. The summed E-state index contributed by atoms with van der Waals surface area (Å²) in [6, 6.07) is 5.03. The molecule has 2 amide bonds. The Morgan fingerprint density at radius 2 is 2.00 bits per heavy atom. The monoisotopic (exact) mass is 538 g/mol. The van der Waals surface area contributed by atoms with Crippen molar-refractivity contribution in [1.29, 1.82) is 0 Å². The minimum atomic E-state index is -0.489. The highest BCUT2D eigenvalue weighted by Gasteiger charge is 2.68. The Morgan fingerprint density at radius 1 is 1.27 bits per heavy atom. The highest BCUT2D eigenvalue weighted by molar-refractivity contribution is 9.10. The number of halogens is 2. The Kier molecular flexibility index (Phi) is 6.96. The molecule has 1 aliphatic heterocycles. The number of hydrogen-bond donors (Lipinski definition) is 2. The zero-order chi connectivity index (χ0) is 24.1. The van der Waals surface area contributed by atoms with Gasteiger partial charge < -0.3 is 19.9 Å². The molecule has 180 valence electrons. The van der Waals surface area contributed by atoms with E-state index >= 15 is 0 Å². The average Bonchev–Trinajstić information content (AvgIpc) is 3.10. The van der Waals surface area contributed by atoms with Gasteiger partial charge in [0.15, 0.2) is 0 Å². The summed E-state index contributed by atoms with van der Waals surface area (Å²) in [5, 5.41) is 6.05. The van der Waals surface area contributed by atoms with Gasteiger partial charge in [-0.05, 0) is 67.6 Å². The highest BCUT2D eigenvalue weighted by Crippen LogP contribution is 2.65. The summed E-state index contributed by atoms with van der Waals surface area (Å²) in [4.78, 5) is 25.3. The molecule has 2 N–H and O–H groups in total. The molecular weight excluding hydrogens is 506 g/mol. The molecule has 3 aliphatic carbocycles. The van der Waals surface area contributed by atoms with E-state index in [1.54, 1.807) is 18.2 Å². The van der Waals surface area contributed by atoms with Gasteiger partial charge in [0.1, 0.15) is 0 Å². The van der Waals surface area contributed by atoms with Crippen molar-refractivity contribution in [2.45, 2.75) is 71.5 Å². The second-order valence-electron chi connectivity index (χ2n) is 10.9. The Balaban J connectivity index is 1.39. The van der Waals surface area contributed by atoms with Gasteiger partial charge in [-0.1, -0.05) is 55.2 Å². The first-order valence-electron chi connectivity index (χ1n) is 11.8. The highest BCUT2D eigenvalue weighted by atomic mass is 79.9. The Hall–Kier alpha value is -1.09. The molecule has 1 heterocycles. The van der Waals surface area contributed by atoms with Crippen LogP contribution in [0.5, 0.6) is 0 Å². The molecule has 33 heavy (non-hydrogen) atoms. The third-order valence-electron chi connectivity index (χ3n) is 7.95. The van der Waals surface area contributed by atoms with Crippen molar-refractivity contribution >= 4 is 46.5 Å². The number of rotatable bonds is 7. The van der Waals surface area contributed by atoms with Crippen LogP contribution in [-0.2, 0) is 14.1 Å². The van der Waals surface area contributed by atoms with Gasteiger partial charge in [0.25, 0.3) is 5.91 Å². The summed E-state index contributed by atoms with van der Waals surface area (Å²) in [5.41, 5.74) is 0.255. The molecule has 5 atom stereocenters. The summed E-state index contributed by atoms with van der Waals surface area (Å²) in [7, 11) is -0.489. The van der Waals surface area contributed by atoms with Crippen molar-refractivity contribution in [3.8, 4) is 0 Å². The summed E-state index contributed by atoms with van der Waals surface area (Å²) in [6.45, 7) is 10.9. The standard InChI is InChI=1S/C24H33BBrClN2O4/c1-13(2)8-20(25-32-19-10-14-9-18(23(14,3)4)24(19,5)33-25)29-21(30)12-28-22(31)16-11-15(26)6-7-17(16)27/h6-7,11,13-14,18-20H,8-10,12H2,1-5H3,(H,28,31)(H,29,30)/t14?,18-,19+,20-,24-/m0/s1. The maximum absolute atomic E-state index is 12.8. The maximum atomic E-state index is 12.8. The number of benzene rings is 1. The van der Waals surface area contributed by atoms with Crippen LogP contribution in [0.25, 0.3) is 0 Å². The van der Waals surface area contributed by atoms with Crippen LogP contribution in [0.15, 0.2) is 22.7 Å². The van der Waals surface area contributed by atoms with E-state index in [-0.39, 0.29) is 35.5 Å². The molecule has 6 nitrogen and oxygen atoms in total. The molecule has 3 saturated carbocycles. The quantitative estimate of drug-likeness (QED) is 0.496. The first-order chi connectivity index (χ1) is 15.4. The molecule has 4 fully saturated rings. The topological polar surface area (TPSA) is 76.7 Å². The van der Waals surface area contributed by atoms with E-state index in [0.29, 0.717) is 28.3 Å². The minimum absolute atomic E-state index is 0.0595. The van der Waals surface area contributed by atoms with E-state index in [4.69, 9.17) is 20.9 Å². The second-order valence-corrected chi connectivity index (χ2v) is 12.3. The van der Waals surface area contributed by atoms with Crippen LogP contribution < -0.4 is 10.6 Å². The van der Waals surface area contributed by atoms with Crippen molar-refractivity contribution in [2.24, 2.45) is 23.2 Å². The molecule has 9 heteroatoms. The van der Waals surface area contributed by atoms with Crippen LogP contribution in [0.4, 0.5) is 0 Å². The smallest absolute Gasteiger partial charge is 0.404 e. The largest absolute Gasteiger partial charge is 0.481 e. The second kappa shape index (κ2) is 9.17. The predicted molar refractivity (Wildman–Crippen MR) is 133 cm³/mol. The lowest BCUT2D eigenvalue weighted by Gasteiger charge is -2.64. The number of carbonyl (C=O) groups excluding carboxylic acids is 2. The fraction of sp³-hybridized carbons (Fsp3) is 0.667. The van der Waals surface area contributed by atoms with Crippen LogP contribution >= 0.6 is 27.5 Å². The van der Waals surface area contributed by atoms with Gasteiger partial charge in [-0.3, -0.25) is 9.59 Å². The van der Waals surface area contributed by atoms with Crippen LogP contribution in [0.2, 0.25) is 5.02 Å². The fourth-order valence-corrected chi connectivity index (χ4v) is 6.57. The van der Waals surface area contributed by atoms with E-state index in [2.05, 4.69) is 61.2 Å². The van der Waals surface area contributed by atoms with Crippen molar-refractivity contribution in [3.05, 3.63) is 33.3 Å². The number of carbonyl (C=O) groups is 2. The van der Waals surface area contributed by atoms with Gasteiger partial charge in [-0.2, -0.15) is 0 Å². The fourth-order valence-electron chi connectivity index (χ4n) is 6.00. The van der Waals surface area contributed by atoms with Crippen LogP contribution in [0.3, 0.4) is 0 Å². The van der Waals surface area contributed by atoms with Gasteiger partial charge >= 0.3 is 7.12 Å². The van der Waals surface area contributed by atoms with Crippen molar-refractivity contribution < 1.29 is 18.9 Å². The van der Waals surface area contributed by atoms with Crippen molar-refractivity contribution in [1.82, 2.24) is 10.6 Å². The third-order valence-corrected chi connectivity index (χ3v) is 8.77. The number of amides is 2. The molecule has 1 aromatic rings. The maximum Gasteiger partial charge on any atom is 0.481 e. The number of nitrogens with one attached hydrogen (secondary N) is 2. The van der Waals surface area contributed by atoms with Gasteiger partial charge in [-0.15, -0.1) is 0 Å². The van der Waals surface area contributed by atoms with E-state index < -0.39 is 13.0 Å². The summed E-state index contributed by atoms with van der Waals surface area (Å²) in [6.07, 6.45) is 2.97. The molecule has 0 aromatic heterocycles. The lowest BCUT2D eigenvalue weighted by Crippen LogP contribution is -2.65. The van der Waals surface area contributed by atoms with E-state index in [9.17, 15) is 9.59 Å².